The normalized spacial score (nSPS) is 12.1. The van der Waals surface area contributed by atoms with Crippen LogP contribution in [0.5, 0.6) is 5.75 Å². The van der Waals surface area contributed by atoms with Crippen LogP contribution in [0.15, 0.2) is 67.0 Å². The van der Waals surface area contributed by atoms with Crippen molar-refractivity contribution < 1.29 is 21.6 Å². The number of halogens is 1. The van der Waals surface area contributed by atoms with Gasteiger partial charge in [0, 0.05) is 5.02 Å². The summed E-state index contributed by atoms with van der Waals surface area (Å²) in [6, 6.07) is 11.1. The molecule has 0 saturated heterocycles. The molecule has 0 amide bonds. The molecule has 0 saturated carbocycles. The van der Waals surface area contributed by atoms with E-state index in [9.17, 15) is 16.8 Å². The summed E-state index contributed by atoms with van der Waals surface area (Å²) < 4.78 is 54.5. The summed E-state index contributed by atoms with van der Waals surface area (Å²) in [5.41, 5.74) is 0. The largest absolute Gasteiger partial charge is 0.497 e. The van der Waals surface area contributed by atoms with Crippen LogP contribution >= 0.6 is 22.9 Å². The highest BCUT2D eigenvalue weighted by atomic mass is 35.5. The first-order valence-corrected chi connectivity index (χ1v) is 11.1. The summed E-state index contributed by atoms with van der Waals surface area (Å²) in [5, 5.41) is 7.49. The molecule has 0 bridgehead atoms. The Bertz CT molecular complexity index is 1140. The zero-order valence-corrected chi connectivity index (χ0v) is 16.4. The maximum Gasteiger partial charge on any atom is 0.238 e. The van der Waals surface area contributed by atoms with Crippen LogP contribution in [0.2, 0.25) is 5.02 Å². The molecule has 0 aliphatic carbocycles. The molecule has 7 nitrogen and oxygen atoms in total. The molecule has 0 N–H and O–H groups in total. The lowest BCUT2D eigenvalue weighted by Gasteiger charge is -2.02. The number of ether oxygens (including phenoxy) is 1. The molecule has 11 heteroatoms. The minimum absolute atomic E-state index is 0.0371. The summed E-state index contributed by atoms with van der Waals surface area (Å²) in [4.78, 5) is -0.0867. The van der Waals surface area contributed by atoms with Crippen molar-refractivity contribution in [2.24, 2.45) is 0 Å². The maximum absolute atomic E-state index is 12.6. The van der Waals surface area contributed by atoms with Crippen molar-refractivity contribution in [2.75, 3.05) is 7.11 Å². The topological polar surface area (TPSA) is 103 Å². The van der Waals surface area contributed by atoms with E-state index in [4.69, 9.17) is 16.3 Å². The Kier molecular flexibility index (Phi) is 5.02. The van der Waals surface area contributed by atoms with Gasteiger partial charge in [0.25, 0.3) is 0 Å². The quantitative estimate of drug-likeness (QED) is 0.612. The van der Waals surface area contributed by atoms with Crippen molar-refractivity contribution in [3.8, 4) is 5.75 Å². The number of hydrogen-bond acceptors (Lipinski definition) is 8. The molecule has 1 heterocycles. The number of hydrogen-bond donors (Lipinski definition) is 0. The van der Waals surface area contributed by atoms with Crippen LogP contribution in [0.3, 0.4) is 0 Å². The van der Waals surface area contributed by atoms with Gasteiger partial charge < -0.3 is 4.74 Å². The Hall–Kier alpha value is -2.01. The van der Waals surface area contributed by atoms with Crippen LogP contribution in [-0.2, 0) is 19.7 Å². The SMILES string of the molecule is COc1ccc(S(=O)(=O)c2nnc(S(=O)(=O)c3ccc(Cl)cc3)s2)cc1. The van der Waals surface area contributed by atoms with E-state index in [-0.39, 0.29) is 9.79 Å². The highest BCUT2D eigenvalue weighted by molar-refractivity contribution is 7.95. The van der Waals surface area contributed by atoms with Gasteiger partial charge in [-0.2, -0.15) is 0 Å². The minimum atomic E-state index is -3.99. The number of rotatable bonds is 5. The minimum Gasteiger partial charge on any atom is -0.497 e. The van der Waals surface area contributed by atoms with E-state index in [0.717, 1.165) is 0 Å². The van der Waals surface area contributed by atoms with Crippen LogP contribution in [-0.4, -0.2) is 34.1 Å². The number of aromatic nitrogens is 2. The van der Waals surface area contributed by atoms with E-state index < -0.39 is 28.4 Å². The molecule has 0 radical (unpaired) electrons. The summed E-state index contributed by atoms with van der Waals surface area (Å²) in [5.74, 6) is 0.493. The van der Waals surface area contributed by atoms with Crippen molar-refractivity contribution >= 4 is 42.6 Å². The Morgan fingerprint density at radius 2 is 1.23 bits per heavy atom. The summed E-state index contributed by atoms with van der Waals surface area (Å²) in [7, 11) is -6.51. The summed E-state index contributed by atoms with van der Waals surface area (Å²) in [6.07, 6.45) is 0. The van der Waals surface area contributed by atoms with Gasteiger partial charge in [-0.3, -0.25) is 0 Å². The van der Waals surface area contributed by atoms with Crippen molar-refractivity contribution in [1.82, 2.24) is 10.2 Å². The van der Waals surface area contributed by atoms with Crippen LogP contribution in [0.1, 0.15) is 0 Å². The lowest BCUT2D eigenvalue weighted by molar-refractivity contribution is 0.414. The van der Waals surface area contributed by atoms with Crippen molar-refractivity contribution in [3.63, 3.8) is 0 Å². The van der Waals surface area contributed by atoms with E-state index in [0.29, 0.717) is 22.1 Å². The lowest BCUT2D eigenvalue weighted by Crippen LogP contribution is -2.01. The second kappa shape index (κ2) is 6.95. The third-order valence-electron chi connectivity index (χ3n) is 3.34. The van der Waals surface area contributed by atoms with Crippen molar-refractivity contribution in [2.45, 2.75) is 18.5 Å². The van der Waals surface area contributed by atoms with E-state index >= 15 is 0 Å². The molecule has 0 aliphatic rings. The summed E-state index contributed by atoms with van der Waals surface area (Å²) in [6.45, 7) is 0. The van der Waals surface area contributed by atoms with Crippen LogP contribution in [0.4, 0.5) is 0 Å². The summed E-state index contributed by atoms with van der Waals surface area (Å²) >= 11 is 6.24. The molecule has 1 aromatic heterocycles. The maximum atomic E-state index is 12.6. The van der Waals surface area contributed by atoms with E-state index in [2.05, 4.69) is 10.2 Å². The first-order valence-electron chi connectivity index (χ1n) is 6.98. The van der Waals surface area contributed by atoms with Gasteiger partial charge in [0.2, 0.25) is 28.4 Å². The number of nitrogens with zero attached hydrogens (tertiary/aromatic N) is 2. The van der Waals surface area contributed by atoms with Crippen LogP contribution in [0, 0.1) is 0 Å². The Labute approximate surface area is 159 Å². The van der Waals surface area contributed by atoms with Gasteiger partial charge in [-0.1, -0.05) is 22.9 Å². The molecular weight excluding hydrogens is 420 g/mol. The lowest BCUT2D eigenvalue weighted by atomic mass is 10.3. The molecule has 0 unspecified atom stereocenters. The second-order valence-electron chi connectivity index (χ2n) is 4.97. The molecule has 136 valence electrons. The van der Waals surface area contributed by atoms with Crippen LogP contribution in [0.25, 0.3) is 0 Å². The van der Waals surface area contributed by atoms with E-state index in [1.54, 1.807) is 0 Å². The highest BCUT2D eigenvalue weighted by Crippen LogP contribution is 2.30. The smallest absolute Gasteiger partial charge is 0.238 e. The van der Waals surface area contributed by atoms with Crippen molar-refractivity contribution in [1.29, 1.82) is 0 Å². The first-order chi connectivity index (χ1) is 12.2. The third-order valence-corrected chi connectivity index (χ3v) is 8.79. The molecule has 26 heavy (non-hydrogen) atoms. The molecule has 3 aromatic rings. The van der Waals surface area contributed by atoms with Crippen molar-refractivity contribution in [3.05, 3.63) is 53.6 Å². The van der Waals surface area contributed by atoms with Gasteiger partial charge >= 0.3 is 0 Å². The predicted octanol–water partition coefficient (Wildman–Crippen LogP) is 2.87. The van der Waals surface area contributed by atoms with Gasteiger partial charge in [0.05, 0.1) is 16.9 Å². The fraction of sp³-hybridized carbons (Fsp3) is 0.0667. The van der Waals surface area contributed by atoms with Gasteiger partial charge in [0.15, 0.2) is 0 Å². The third kappa shape index (κ3) is 3.45. The average Bonchev–Trinajstić information content (AvgIpc) is 3.14. The highest BCUT2D eigenvalue weighted by Gasteiger charge is 2.28. The number of benzene rings is 2. The molecule has 0 fully saturated rings. The van der Waals surface area contributed by atoms with Gasteiger partial charge in [0.1, 0.15) is 5.75 Å². The van der Waals surface area contributed by atoms with Gasteiger partial charge in [-0.05, 0) is 48.5 Å². The van der Waals surface area contributed by atoms with E-state index in [1.807, 2.05) is 0 Å². The Morgan fingerprint density at radius 1 is 0.808 bits per heavy atom. The first kappa shape index (κ1) is 18.8. The average molecular weight is 431 g/mol. The number of methoxy groups -OCH3 is 1. The molecular formula is C15H11ClN2O5S3. The Morgan fingerprint density at radius 3 is 1.65 bits per heavy atom. The fourth-order valence-corrected chi connectivity index (χ4v) is 6.20. The zero-order valence-electron chi connectivity index (χ0n) is 13.2. The zero-order chi connectivity index (χ0) is 18.9. The van der Waals surface area contributed by atoms with Gasteiger partial charge in [-0.25, -0.2) is 16.8 Å². The monoisotopic (exact) mass is 430 g/mol. The predicted molar refractivity (Wildman–Crippen MR) is 95.3 cm³/mol. The standard InChI is InChI=1S/C15H11ClN2O5S3/c1-23-11-4-8-13(9-5-11)26(21,22)15-18-17-14(24-15)25(19,20)12-6-2-10(16)3-7-12/h2-9H,1H3. The molecule has 2 aromatic carbocycles. The second-order valence-corrected chi connectivity index (χ2v) is 10.6. The number of sulfone groups is 2. The molecule has 0 aliphatic heterocycles. The molecule has 3 rings (SSSR count). The molecule has 0 atom stereocenters. The Balaban J connectivity index is 1.99. The van der Waals surface area contributed by atoms with Crippen LogP contribution < -0.4 is 4.74 Å². The fourth-order valence-electron chi connectivity index (χ4n) is 1.98. The molecule has 0 spiro atoms. The van der Waals surface area contributed by atoms with E-state index in [1.165, 1.54) is 55.6 Å². The van der Waals surface area contributed by atoms with Gasteiger partial charge in [-0.15, -0.1) is 10.2 Å².